The van der Waals surface area contributed by atoms with Crippen molar-refractivity contribution in [1.82, 2.24) is 0 Å². The molecule has 3 heteroatoms. The highest BCUT2D eigenvalue weighted by molar-refractivity contribution is 6.38. The van der Waals surface area contributed by atoms with Gasteiger partial charge in [0.15, 0.2) is 5.78 Å². The Labute approximate surface area is 107 Å². The second kappa shape index (κ2) is 6.93. The molecule has 1 unspecified atom stereocenters. The van der Waals surface area contributed by atoms with Crippen molar-refractivity contribution >= 4 is 29.0 Å². The Morgan fingerprint density at radius 1 is 1.31 bits per heavy atom. The van der Waals surface area contributed by atoms with Gasteiger partial charge in [-0.05, 0) is 18.4 Å². The monoisotopic (exact) mass is 258 g/mol. The van der Waals surface area contributed by atoms with Crippen LogP contribution in [-0.2, 0) is 6.42 Å². The van der Waals surface area contributed by atoms with E-state index in [1.165, 1.54) is 18.4 Å². The SMILES string of the molecule is CCCCc1ccc(C(=O)C(Cl)CCl)cc1. The lowest BCUT2D eigenvalue weighted by atomic mass is 10.0. The summed E-state index contributed by atoms with van der Waals surface area (Å²) in [5, 5.41) is -0.622. The molecule has 0 saturated heterocycles. The highest BCUT2D eigenvalue weighted by Crippen LogP contribution is 2.12. The van der Waals surface area contributed by atoms with Gasteiger partial charge in [0.25, 0.3) is 0 Å². The summed E-state index contributed by atoms with van der Waals surface area (Å²) in [7, 11) is 0. The van der Waals surface area contributed by atoms with Crippen molar-refractivity contribution < 1.29 is 4.79 Å². The topological polar surface area (TPSA) is 17.1 Å². The molecular weight excluding hydrogens is 243 g/mol. The van der Waals surface area contributed by atoms with Crippen molar-refractivity contribution in [3.8, 4) is 0 Å². The van der Waals surface area contributed by atoms with Crippen molar-refractivity contribution in [1.29, 1.82) is 0 Å². The highest BCUT2D eigenvalue weighted by atomic mass is 35.5. The number of carbonyl (C=O) groups excluding carboxylic acids is 1. The number of carbonyl (C=O) groups is 1. The number of Topliss-reactive ketones (excluding diaryl/α,β-unsaturated/α-hetero) is 1. The predicted molar refractivity (Wildman–Crippen MR) is 69.7 cm³/mol. The van der Waals surface area contributed by atoms with Crippen LogP contribution in [0.1, 0.15) is 35.7 Å². The molecule has 1 aromatic carbocycles. The van der Waals surface area contributed by atoms with E-state index in [1.54, 1.807) is 0 Å². The molecule has 1 nitrogen and oxygen atoms in total. The summed E-state index contributed by atoms with van der Waals surface area (Å²) in [6.45, 7) is 2.16. The average Bonchev–Trinajstić information content (AvgIpc) is 2.35. The van der Waals surface area contributed by atoms with Gasteiger partial charge in [0.05, 0.1) is 0 Å². The van der Waals surface area contributed by atoms with E-state index < -0.39 is 5.38 Å². The number of ketones is 1. The number of alkyl halides is 2. The molecule has 0 radical (unpaired) electrons. The van der Waals surface area contributed by atoms with Crippen molar-refractivity contribution in [2.45, 2.75) is 31.6 Å². The molecule has 1 rings (SSSR count). The van der Waals surface area contributed by atoms with Gasteiger partial charge in [-0.15, -0.1) is 23.2 Å². The maximum absolute atomic E-state index is 11.7. The van der Waals surface area contributed by atoms with Crippen LogP contribution < -0.4 is 0 Å². The predicted octanol–water partition coefficient (Wildman–Crippen LogP) is 4.06. The van der Waals surface area contributed by atoms with E-state index in [4.69, 9.17) is 23.2 Å². The van der Waals surface area contributed by atoms with Gasteiger partial charge in [0, 0.05) is 11.4 Å². The van der Waals surface area contributed by atoms with Crippen molar-refractivity contribution in [3.63, 3.8) is 0 Å². The van der Waals surface area contributed by atoms with Crippen LogP contribution in [0.5, 0.6) is 0 Å². The third-order valence-corrected chi connectivity index (χ3v) is 3.30. The summed E-state index contributed by atoms with van der Waals surface area (Å²) < 4.78 is 0. The molecule has 88 valence electrons. The maximum atomic E-state index is 11.7. The molecule has 0 saturated carbocycles. The van der Waals surface area contributed by atoms with E-state index in [-0.39, 0.29) is 11.7 Å². The van der Waals surface area contributed by atoms with Crippen LogP contribution >= 0.6 is 23.2 Å². The number of benzene rings is 1. The van der Waals surface area contributed by atoms with E-state index in [0.29, 0.717) is 5.56 Å². The van der Waals surface area contributed by atoms with Gasteiger partial charge in [0.2, 0.25) is 0 Å². The molecule has 0 fully saturated rings. The molecule has 0 N–H and O–H groups in total. The molecular formula is C13H16Cl2O. The van der Waals surface area contributed by atoms with E-state index in [1.807, 2.05) is 24.3 Å². The zero-order valence-corrected chi connectivity index (χ0v) is 10.9. The normalized spacial score (nSPS) is 12.4. The standard InChI is InChI=1S/C13H16Cl2O/c1-2-3-4-10-5-7-11(8-6-10)13(16)12(15)9-14/h5-8,12H,2-4,9H2,1H3. The first kappa shape index (κ1) is 13.5. The molecule has 16 heavy (non-hydrogen) atoms. The Hall–Kier alpha value is -0.530. The first-order valence-electron chi connectivity index (χ1n) is 5.52. The first-order chi connectivity index (χ1) is 7.69. The minimum Gasteiger partial charge on any atom is -0.292 e. The average molecular weight is 259 g/mol. The fourth-order valence-electron chi connectivity index (χ4n) is 1.47. The lowest BCUT2D eigenvalue weighted by molar-refractivity contribution is 0.0992. The van der Waals surface area contributed by atoms with E-state index >= 15 is 0 Å². The second-order valence-electron chi connectivity index (χ2n) is 3.79. The van der Waals surface area contributed by atoms with Crippen molar-refractivity contribution in [3.05, 3.63) is 35.4 Å². The smallest absolute Gasteiger partial charge is 0.181 e. The van der Waals surface area contributed by atoms with E-state index in [2.05, 4.69) is 6.92 Å². The molecule has 0 aliphatic carbocycles. The van der Waals surface area contributed by atoms with Gasteiger partial charge >= 0.3 is 0 Å². The number of halogens is 2. The number of hydrogen-bond acceptors (Lipinski definition) is 1. The summed E-state index contributed by atoms with van der Waals surface area (Å²) in [5.74, 6) is 0.0524. The molecule has 0 aliphatic heterocycles. The van der Waals surface area contributed by atoms with Gasteiger partial charge in [-0.1, -0.05) is 37.6 Å². The molecule has 1 aromatic rings. The Morgan fingerprint density at radius 2 is 1.94 bits per heavy atom. The Bertz CT molecular complexity index is 332. The first-order valence-corrected chi connectivity index (χ1v) is 6.49. The van der Waals surface area contributed by atoms with Crippen LogP contribution in [0.3, 0.4) is 0 Å². The van der Waals surface area contributed by atoms with Gasteiger partial charge in [-0.2, -0.15) is 0 Å². The summed E-state index contributed by atoms with van der Waals surface area (Å²) in [5.41, 5.74) is 1.90. The van der Waals surface area contributed by atoms with Gasteiger partial charge in [-0.3, -0.25) is 4.79 Å². The molecule has 0 aromatic heterocycles. The minimum absolute atomic E-state index is 0.0984. The Morgan fingerprint density at radius 3 is 2.44 bits per heavy atom. The van der Waals surface area contributed by atoms with Crippen LogP contribution in [0, 0.1) is 0 Å². The van der Waals surface area contributed by atoms with Crippen LogP contribution in [-0.4, -0.2) is 17.0 Å². The number of unbranched alkanes of at least 4 members (excludes halogenated alkanes) is 1. The number of aryl methyl sites for hydroxylation is 1. The van der Waals surface area contributed by atoms with E-state index in [0.717, 1.165) is 6.42 Å². The fraction of sp³-hybridized carbons (Fsp3) is 0.462. The van der Waals surface area contributed by atoms with E-state index in [9.17, 15) is 4.79 Å². The van der Waals surface area contributed by atoms with Crippen LogP contribution in [0.25, 0.3) is 0 Å². The fourth-order valence-corrected chi connectivity index (χ4v) is 1.73. The molecule has 0 heterocycles. The summed E-state index contributed by atoms with van der Waals surface area (Å²) >= 11 is 11.3. The Kier molecular flexibility index (Phi) is 5.86. The highest BCUT2D eigenvalue weighted by Gasteiger charge is 2.15. The number of rotatable bonds is 6. The van der Waals surface area contributed by atoms with Gasteiger partial charge < -0.3 is 0 Å². The third kappa shape index (κ3) is 3.80. The van der Waals surface area contributed by atoms with Gasteiger partial charge in [0.1, 0.15) is 5.38 Å². The molecule has 0 aliphatic rings. The van der Waals surface area contributed by atoms with Gasteiger partial charge in [-0.25, -0.2) is 0 Å². The summed E-state index contributed by atoms with van der Waals surface area (Å²) in [6, 6.07) is 7.63. The molecule has 0 amide bonds. The zero-order valence-electron chi connectivity index (χ0n) is 9.38. The quantitative estimate of drug-likeness (QED) is 0.556. The van der Waals surface area contributed by atoms with Crippen LogP contribution in [0.2, 0.25) is 0 Å². The largest absolute Gasteiger partial charge is 0.292 e. The number of hydrogen-bond donors (Lipinski definition) is 0. The molecule has 0 spiro atoms. The molecule has 1 atom stereocenters. The van der Waals surface area contributed by atoms with Crippen molar-refractivity contribution in [2.24, 2.45) is 0 Å². The lowest BCUT2D eigenvalue weighted by Crippen LogP contribution is -2.16. The second-order valence-corrected chi connectivity index (χ2v) is 4.62. The lowest BCUT2D eigenvalue weighted by Gasteiger charge is -2.05. The summed E-state index contributed by atoms with van der Waals surface area (Å²) in [4.78, 5) is 11.7. The van der Waals surface area contributed by atoms with Crippen molar-refractivity contribution in [2.75, 3.05) is 5.88 Å². The Balaban J connectivity index is 2.67. The van der Waals surface area contributed by atoms with Crippen LogP contribution in [0.4, 0.5) is 0 Å². The van der Waals surface area contributed by atoms with Crippen LogP contribution in [0.15, 0.2) is 24.3 Å². The summed E-state index contributed by atoms with van der Waals surface area (Å²) in [6.07, 6.45) is 3.41. The third-order valence-electron chi connectivity index (χ3n) is 2.48. The maximum Gasteiger partial charge on any atom is 0.181 e. The molecule has 0 bridgehead atoms. The zero-order chi connectivity index (χ0) is 12.0. The minimum atomic E-state index is -0.622.